The van der Waals surface area contributed by atoms with E-state index >= 15 is 0 Å². The maximum absolute atomic E-state index is 10.9. The molecular formula is C25H34O4. The molecule has 2 N–H and O–H groups in total. The van der Waals surface area contributed by atoms with E-state index in [0.29, 0.717) is 24.4 Å². The number of allylic oxidation sites excluding steroid dienone is 2. The van der Waals surface area contributed by atoms with E-state index in [9.17, 15) is 9.90 Å². The Bertz CT molecular complexity index is 722. The predicted molar refractivity (Wildman–Crippen MR) is 115 cm³/mol. The number of aliphatic hydroxyl groups excluding tert-OH is 1. The Morgan fingerprint density at radius 1 is 1.21 bits per heavy atom. The first kappa shape index (κ1) is 21.8. The molecule has 3 rings (SSSR count). The highest BCUT2D eigenvalue weighted by atomic mass is 16.5. The number of hydrogen-bond acceptors (Lipinski definition) is 3. The summed E-state index contributed by atoms with van der Waals surface area (Å²) in [5.74, 6) is 0.0356. The van der Waals surface area contributed by atoms with Crippen molar-refractivity contribution in [2.75, 3.05) is 0 Å². The van der Waals surface area contributed by atoms with E-state index < -0.39 is 12.1 Å². The molecule has 0 saturated carbocycles. The van der Waals surface area contributed by atoms with E-state index in [-0.39, 0.29) is 17.9 Å². The van der Waals surface area contributed by atoms with E-state index in [1.165, 1.54) is 0 Å². The Kier molecular flexibility index (Phi) is 7.31. The molecular weight excluding hydrogens is 364 g/mol. The van der Waals surface area contributed by atoms with Crippen molar-refractivity contribution in [2.24, 2.45) is 11.8 Å². The Balaban J connectivity index is 1.59. The quantitative estimate of drug-likeness (QED) is 0.436. The van der Waals surface area contributed by atoms with Gasteiger partial charge in [0.25, 0.3) is 0 Å². The molecule has 2 heterocycles. The Labute approximate surface area is 174 Å². The molecule has 0 spiro atoms. The topological polar surface area (TPSA) is 66.8 Å². The number of carbonyl (C=O) groups is 1. The number of aliphatic carboxylic acids is 1. The highest BCUT2D eigenvalue weighted by Crippen LogP contribution is 2.46. The minimum atomic E-state index is -0.734. The van der Waals surface area contributed by atoms with Crippen molar-refractivity contribution >= 4 is 5.97 Å². The van der Waals surface area contributed by atoms with Crippen LogP contribution in [0.3, 0.4) is 0 Å². The molecule has 0 aliphatic carbocycles. The van der Waals surface area contributed by atoms with Gasteiger partial charge in [0, 0.05) is 17.8 Å². The number of unbranched alkanes of at least 4 members (excludes halogenated alkanes) is 1. The van der Waals surface area contributed by atoms with Crippen LogP contribution in [0.4, 0.5) is 0 Å². The number of carboxylic acid groups (broad SMARTS) is 1. The van der Waals surface area contributed by atoms with Gasteiger partial charge in [0.15, 0.2) is 0 Å². The monoisotopic (exact) mass is 398 g/mol. The molecule has 5 atom stereocenters. The number of rotatable bonds is 10. The standard InChI is InChI=1S/C25H34O4/c1-25(2,18-10-6-5-7-11-18)23(26)17-14-20-19(21-15-16-22(20)29-21)12-8-3-4-9-13-24(27)28/h3,5-8,10-11,14,17,19-23,26H,4,9,12-13,15-16H2,1-2H3,(H,27,28)/b8-3-,17-14+/t19-,20-,21-,22+,23?/m1/s1. The Morgan fingerprint density at radius 2 is 1.93 bits per heavy atom. The van der Waals surface area contributed by atoms with Crippen LogP contribution >= 0.6 is 0 Å². The molecule has 0 aromatic heterocycles. The average molecular weight is 399 g/mol. The van der Waals surface area contributed by atoms with E-state index in [0.717, 1.165) is 31.2 Å². The third-order valence-electron chi connectivity index (χ3n) is 6.60. The third kappa shape index (κ3) is 5.37. The first-order chi connectivity index (χ1) is 13.9. The fraction of sp³-hybridized carbons (Fsp3) is 0.560. The number of aliphatic hydroxyl groups is 1. The summed E-state index contributed by atoms with van der Waals surface area (Å²) in [4.78, 5) is 10.6. The SMILES string of the molecule is CC(C)(c1ccccc1)C(O)/C=C/[C@@H]1[C@@H](C/C=C\CCCC(=O)O)[C@H]2CC[C@@H]1O2. The van der Waals surface area contributed by atoms with Gasteiger partial charge >= 0.3 is 5.97 Å². The van der Waals surface area contributed by atoms with Crippen molar-refractivity contribution in [1.29, 1.82) is 0 Å². The predicted octanol–water partition coefficient (Wildman–Crippen LogP) is 4.88. The second-order valence-corrected chi connectivity index (χ2v) is 8.94. The lowest BCUT2D eigenvalue weighted by Crippen LogP contribution is -2.32. The molecule has 2 fully saturated rings. The largest absolute Gasteiger partial charge is 0.481 e. The van der Waals surface area contributed by atoms with Crippen LogP contribution in [-0.4, -0.2) is 34.5 Å². The average Bonchev–Trinajstić information content (AvgIpc) is 3.31. The minimum absolute atomic E-state index is 0.224. The second-order valence-electron chi connectivity index (χ2n) is 8.94. The first-order valence-corrected chi connectivity index (χ1v) is 10.8. The van der Waals surface area contributed by atoms with Crippen molar-refractivity contribution in [2.45, 2.75) is 76.1 Å². The van der Waals surface area contributed by atoms with Crippen LogP contribution in [0.1, 0.15) is 57.9 Å². The van der Waals surface area contributed by atoms with Crippen LogP contribution in [0.25, 0.3) is 0 Å². The Morgan fingerprint density at radius 3 is 2.66 bits per heavy atom. The number of benzene rings is 1. The normalized spacial score (nSPS) is 27.8. The lowest BCUT2D eigenvalue weighted by atomic mass is 9.75. The van der Waals surface area contributed by atoms with Crippen LogP contribution in [0, 0.1) is 11.8 Å². The van der Waals surface area contributed by atoms with Gasteiger partial charge in [-0.05, 0) is 43.6 Å². The van der Waals surface area contributed by atoms with Gasteiger partial charge in [-0.25, -0.2) is 0 Å². The van der Waals surface area contributed by atoms with Crippen molar-refractivity contribution in [3.8, 4) is 0 Å². The molecule has 4 heteroatoms. The van der Waals surface area contributed by atoms with Gasteiger partial charge < -0.3 is 14.9 Å². The fourth-order valence-electron chi connectivity index (χ4n) is 4.64. The molecule has 29 heavy (non-hydrogen) atoms. The molecule has 0 radical (unpaired) electrons. The molecule has 2 saturated heterocycles. The van der Waals surface area contributed by atoms with Crippen LogP contribution in [-0.2, 0) is 14.9 Å². The third-order valence-corrected chi connectivity index (χ3v) is 6.60. The zero-order valence-electron chi connectivity index (χ0n) is 17.5. The van der Waals surface area contributed by atoms with Gasteiger partial charge in [-0.1, -0.05) is 68.5 Å². The smallest absolute Gasteiger partial charge is 0.303 e. The number of ether oxygens (including phenoxy) is 1. The number of carboxylic acids is 1. The highest BCUT2D eigenvalue weighted by molar-refractivity contribution is 5.66. The Hall–Kier alpha value is -1.91. The first-order valence-electron chi connectivity index (χ1n) is 10.8. The lowest BCUT2D eigenvalue weighted by molar-refractivity contribution is -0.137. The zero-order valence-corrected chi connectivity index (χ0v) is 17.5. The van der Waals surface area contributed by atoms with Gasteiger partial charge in [-0.2, -0.15) is 0 Å². The summed E-state index contributed by atoms with van der Waals surface area (Å²) in [5, 5.41) is 19.6. The number of hydrogen-bond donors (Lipinski definition) is 2. The zero-order chi connectivity index (χ0) is 20.9. The van der Waals surface area contributed by atoms with E-state index in [1.807, 2.05) is 24.3 Å². The summed E-state index contributed by atoms with van der Waals surface area (Å²) in [5.41, 5.74) is 0.776. The molecule has 4 nitrogen and oxygen atoms in total. The highest BCUT2D eigenvalue weighted by Gasteiger charge is 2.47. The van der Waals surface area contributed by atoms with E-state index in [4.69, 9.17) is 9.84 Å². The summed E-state index contributed by atoms with van der Waals surface area (Å²) in [6.07, 6.45) is 13.3. The van der Waals surface area contributed by atoms with Crippen LogP contribution in [0.2, 0.25) is 0 Å². The molecule has 2 aliphatic rings. The summed E-state index contributed by atoms with van der Waals surface area (Å²) < 4.78 is 6.17. The molecule has 0 amide bonds. The lowest BCUT2D eigenvalue weighted by Gasteiger charge is -2.30. The summed E-state index contributed by atoms with van der Waals surface area (Å²) >= 11 is 0. The van der Waals surface area contributed by atoms with Crippen molar-refractivity contribution in [1.82, 2.24) is 0 Å². The van der Waals surface area contributed by atoms with Crippen LogP contribution in [0.5, 0.6) is 0 Å². The van der Waals surface area contributed by atoms with E-state index in [1.54, 1.807) is 0 Å². The van der Waals surface area contributed by atoms with Gasteiger partial charge in [0.05, 0.1) is 18.3 Å². The molecule has 158 valence electrons. The summed E-state index contributed by atoms with van der Waals surface area (Å²) in [6.45, 7) is 4.15. The molecule has 1 aromatic rings. The fourth-order valence-corrected chi connectivity index (χ4v) is 4.64. The summed E-state index contributed by atoms with van der Waals surface area (Å²) in [7, 11) is 0. The van der Waals surface area contributed by atoms with Crippen molar-refractivity contribution in [3.05, 3.63) is 60.2 Å². The number of fused-ring (bicyclic) bond motifs is 2. The molecule has 2 aliphatic heterocycles. The van der Waals surface area contributed by atoms with Crippen molar-refractivity contribution in [3.63, 3.8) is 0 Å². The van der Waals surface area contributed by atoms with Crippen LogP contribution in [0.15, 0.2) is 54.6 Å². The van der Waals surface area contributed by atoms with Gasteiger partial charge in [0.2, 0.25) is 0 Å². The summed E-state index contributed by atoms with van der Waals surface area (Å²) in [6, 6.07) is 10.1. The van der Waals surface area contributed by atoms with Crippen LogP contribution < -0.4 is 0 Å². The molecule has 2 bridgehead atoms. The maximum Gasteiger partial charge on any atom is 0.303 e. The minimum Gasteiger partial charge on any atom is -0.481 e. The molecule has 1 unspecified atom stereocenters. The maximum atomic E-state index is 10.9. The van der Waals surface area contributed by atoms with E-state index in [2.05, 4.69) is 44.2 Å². The molecule has 1 aromatic carbocycles. The van der Waals surface area contributed by atoms with Crippen molar-refractivity contribution < 1.29 is 19.7 Å². The van der Waals surface area contributed by atoms with Gasteiger partial charge in [0.1, 0.15) is 0 Å². The second kappa shape index (κ2) is 9.73. The van der Waals surface area contributed by atoms with Gasteiger partial charge in [-0.3, -0.25) is 4.79 Å². The van der Waals surface area contributed by atoms with Gasteiger partial charge in [-0.15, -0.1) is 0 Å².